The molecule has 2 amide bonds. The van der Waals surface area contributed by atoms with Crippen LogP contribution in [0.3, 0.4) is 0 Å². The summed E-state index contributed by atoms with van der Waals surface area (Å²) in [6.45, 7) is 3.27. The molecule has 0 heterocycles. The number of nitrogens with two attached hydrogens (primary N) is 1. The molecule has 1 aromatic carbocycles. The zero-order valence-corrected chi connectivity index (χ0v) is 14.3. The SMILES string of the molecule is CCSCCCNC(=O)NCCc1ccc(S(N)(=O)=O)cc1. The molecule has 124 valence electrons. The average Bonchev–Trinajstić information content (AvgIpc) is 2.46. The second-order valence-corrected chi connectivity index (χ2v) is 7.63. The highest BCUT2D eigenvalue weighted by molar-refractivity contribution is 7.99. The van der Waals surface area contributed by atoms with Crippen LogP contribution < -0.4 is 15.8 Å². The highest BCUT2D eigenvalue weighted by Crippen LogP contribution is 2.08. The summed E-state index contributed by atoms with van der Waals surface area (Å²) in [5.41, 5.74) is 0.937. The summed E-state index contributed by atoms with van der Waals surface area (Å²) >= 11 is 1.85. The lowest BCUT2D eigenvalue weighted by atomic mass is 10.1. The van der Waals surface area contributed by atoms with Crippen molar-refractivity contribution in [1.29, 1.82) is 0 Å². The molecule has 0 spiro atoms. The molecule has 8 heteroatoms. The first-order valence-corrected chi connectivity index (χ1v) is 9.84. The van der Waals surface area contributed by atoms with E-state index in [1.54, 1.807) is 12.1 Å². The molecular weight excluding hydrogens is 322 g/mol. The van der Waals surface area contributed by atoms with Crippen molar-refractivity contribution in [1.82, 2.24) is 10.6 Å². The molecule has 0 fully saturated rings. The minimum atomic E-state index is -3.65. The average molecular weight is 345 g/mol. The smallest absolute Gasteiger partial charge is 0.314 e. The molecule has 0 radical (unpaired) electrons. The predicted octanol–water partition coefficient (Wildman–Crippen LogP) is 1.32. The van der Waals surface area contributed by atoms with Gasteiger partial charge in [-0.25, -0.2) is 18.4 Å². The molecule has 0 aliphatic carbocycles. The Hall–Kier alpha value is -1.25. The van der Waals surface area contributed by atoms with Crippen LogP contribution in [0.2, 0.25) is 0 Å². The number of benzene rings is 1. The maximum atomic E-state index is 11.5. The number of amides is 2. The number of urea groups is 1. The maximum absolute atomic E-state index is 11.5. The number of sulfonamides is 1. The Kier molecular flexibility index (Phi) is 8.29. The molecule has 0 aliphatic heterocycles. The van der Waals surface area contributed by atoms with Gasteiger partial charge in [0.1, 0.15) is 0 Å². The van der Waals surface area contributed by atoms with Gasteiger partial charge in [-0.1, -0.05) is 19.1 Å². The van der Waals surface area contributed by atoms with Gasteiger partial charge in [0, 0.05) is 13.1 Å². The third kappa shape index (κ3) is 7.67. The third-order valence-corrected chi connectivity index (χ3v) is 4.82. The predicted molar refractivity (Wildman–Crippen MR) is 90.5 cm³/mol. The van der Waals surface area contributed by atoms with Gasteiger partial charge < -0.3 is 10.6 Å². The number of carbonyl (C=O) groups excluding carboxylic acids is 1. The van der Waals surface area contributed by atoms with Crippen LogP contribution in [0.1, 0.15) is 18.9 Å². The Balaban J connectivity index is 2.22. The van der Waals surface area contributed by atoms with Crippen molar-refractivity contribution in [3.63, 3.8) is 0 Å². The van der Waals surface area contributed by atoms with Crippen molar-refractivity contribution in [3.8, 4) is 0 Å². The quantitative estimate of drug-likeness (QED) is 0.588. The third-order valence-electron chi connectivity index (χ3n) is 2.91. The van der Waals surface area contributed by atoms with E-state index < -0.39 is 10.0 Å². The first-order chi connectivity index (χ1) is 10.4. The first-order valence-electron chi connectivity index (χ1n) is 7.14. The summed E-state index contributed by atoms with van der Waals surface area (Å²) in [4.78, 5) is 11.6. The second-order valence-electron chi connectivity index (χ2n) is 4.67. The summed E-state index contributed by atoms with van der Waals surface area (Å²) < 4.78 is 22.2. The van der Waals surface area contributed by atoms with E-state index >= 15 is 0 Å². The number of thioether (sulfide) groups is 1. The van der Waals surface area contributed by atoms with Gasteiger partial charge in [-0.3, -0.25) is 0 Å². The van der Waals surface area contributed by atoms with Crippen LogP contribution in [-0.2, 0) is 16.4 Å². The lowest BCUT2D eigenvalue weighted by Crippen LogP contribution is -2.37. The number of rotatable bonds is 9. The molecule has 0 aliphatic rings. The molecule has 0 aromatic heterocycles. The molecule has 0 saturated heterocycles. The molecule has 4 N–H and O–H groups in total. The highest BCUT2D eigenvalue weighted by atomic mass is 32.2. The van der Waals surface area contributed by atoms with Crippen LogP contribution in [-0.4, -0.2) is 39.0 Å². The van der Waals surface area contributed by atoms with Crippen molar-refractivity contribution >= 4 is 27.8 Å². The molecule has 22 heavy (non-hydrogen) atoms. The van der Waals surface area contributed by atoms with Crippen LogP contribution in [0.15, 0.2) is 29.2 Å². The van der Waals surface area contributed by atoms with E-state index in [2.05, 4.69) is 17.6 Å². The van der Waals surface area contributed by atoms with Gasteiger partial charge in [-0.05, 0) is 42.0 Å². The molecule has 6 nitrogen and oxygen atoms in total. The van der Waals surface area contributed by atoms with E-state index in [0.29, 0.717) is 19.5 Å². The maximum Gasteiger partial charge on any atom is 0.314 e. The lowest BCUT2D eigenvalue weighted by Gasteiger charge is -2.08. The normalized spacial score (nSPS) is 11.2. The minimum Gasteiger partial charge on any atom is -0.338 e. The Bertz CT molecular complexity index is 559. The second kappa shape index (κ2) is 9.70. The van der Waals surface area contributed by atoms with E-state index in [-0.39, 0.29) is 10.9 Å². The van der Waals surface area contributed by atoms with Crippen LogP contribution in [0.25, 0.3) is 0 Å². The lowest BCUT2D eigenvalue weighted by molar-refractivity contribution is 0.241. The number of hydrogen-bond acceptors (Lipinski definition) is 4. The van der Waals surface area contributed by atoms with E-state index in [0.717, 1.165) is 23.5 Å². The van der Waals surface area contributed by atoms with Gasteiger partial charge in [0.05, 0.1) is 4.90 Å². The van der Waals surface area contributed by atoms with Crippen molar-refractivity contribution < 1.29 is 13.2 Å². The standard InChI is InChI=1S/C14H23N3O3S2/c1-2-21-11-3-9-16-14(18)17-10-8-12-4-6-13(7-5-12)22(15,19)20/h4-7H,2-3,8-11H2,1H3,(H2,15,19,20)(H2,16,17,18). The van der Waals surface area contributed by atoms with Gasteiger partial charge in [0.15, 0.2) is 0 Å². The molecule has 0 unspecified atom stereocenters. The summed E-state index contributed by atoms with van der Waals surface area (Å²) in [5, 5.41) is 10.6. The van der Waals surface area contributed by atoms with Gasteiger partial charge in [-0.15, -0.1) is 0 Å². The molecule has 0 atom stereocenters. The Labute approximate surface area is 136 Å². The van der Waals surface area contributed by atoms with E-state index in [4.69, 9.17) is 5.14 Å². The summed E-state index contributed by atoms with van der Waals surface area (Å²) in [7, 11) is -3.65. The van der Waals surface area contributed by atoms with Crippen LogP contribution in [0.4, 0.5) is 4.79 Å². The number of carbonyl (C=O) groups is 1. The molecule has 0 saturated carbocycles. The van der Waals surface area contributed by atoms with Crippen molar-refractivity contribution in [2.45, 2.75) is 24.7 Å². The molecule has 1 rings (SSSR count). The zero-order chi connectivity index (χ0) is 16.4. The monoisotopic (exact) mass is 345 g/mol. The summed E-state index contributed by atoms with van der Waals surface area (Å²) in [6.07, 6.45) is 1.59. The fourth-order valence-electron chi connectivity index (χ4n) is 1.75. The molecule has 0 bridgehead atoms. The Morgan fingerprint density at radius 3 is 2.41 bits per heavy atom. The van der Waals surface area contributed by atoms with Gasteiger partial charge in [0.25, 0.3) is 0 Å². The van der Waals surface area contributed by atoms with Gasteiger partial charge >= 0.3 is 6.03 Å². The van der Waals surface area contributed by atoms with Crippen molar-refractivity contribution in [2.75, 3.05) is 24.6 Å². The van der Waals surface area contributed by atoms with Crippen molar-refractivity contribution in [3.05, 3.63) is 29.8 Å². The van der Waals surface area contributed by atoms with Crippen LogP contribution >= 0.6 is 11.8 Å². The number of nitrogens with one attached hydrogen (secondary N) is 2. The zero-order valence-electron chi connectivity index (χ0n) is 12.7. The van der Waals surface area contributed by atoms with Crippen LogP contribution in [0.5, 0.6) is 0 Å². The largest absolute Gasteiger partial charge is 0.338 e. The fourth-order valence-corrected chi connectivity index (χ4v) is 2.90. The topological polar surface area (TPSA) is 101 Å². The highest BCUT2D eigenvalue weighted by Gasteiger charge is 2.06. The van der Waals surface area contributed by atoms with Crippen LogP contribution in [0, 0.1) is 0 Å². The first kappa shape index (κ1) is 18.8. The summed E-state index contributed by atoms with van der Waals surface area (Å²) in [6, 6.07) is 6.15. The molecular formula is C14H23N3O3S2. The van der Waals surface area contributed by atoms with Gasteiger partial charge in [0.2, 0.25) is 10.0 Å². The number of hydrogen-bond donors (Lipinski definition) is 3. The fraction of sp³-hybridized carbons (Fsp3) is 0.500. The Morgan fingerprint density at radius 2 is 1.82 bits per heavy atom. The minimum absolute atomic E-state index is 0.0897. The Morgan fingerprint density at radius 1 is 1.18 bits per heavy atom. The summed E-state index contributed by atoms with van der Waals surface area (Å²) in [5.74, 6) is 2.14. The van der Waals surface area contributed by atoms with Gasteiger partial charge in [-0.2, -0.15) is 11.8 Å². The van der Waals surface area contributed by atoms with E-state index in [9.17, 15) is 13.2 Å². The number of primary sulfonamides is 1. The molecule has 1 aromatic rings. The van der Waals surface area contributed by atoms with Crippen molar-refractivity contribution in [2.24, 2.45) is 5.14 Å². The van der Waals surface area contributed by atoms with E-state index in [1.807, 2.05) is 11.8 Å². The van der Waals surface area contributed by atoms with E-state index in [1.165, 1.54) is 12.1 Å².